The lowest BCUT2D eigenvalue weighted by Crippen LogP contribution is -2.40. The number of aromatic hydroxyl groups is 1. The third-order valence-electron chi connectivity index (χ3n) is 10.7. The number of hydrogen-bond acceptors (Lipinski definition) is 5. The molecule has 0 saturated heterocycles. The second kappa shape index (κ2) is 14.7. The summed E-state index contributed by atoms with van der Waals surface area (Å²) < 4.78 is 2.20. The molecular formula is C44H43B2N3OS. The summed E-state index contributed by atoms with van der Waals surface area (Å²) in [5.74, 6) is 0.697. The summed E-state index contributed by atoms with van der Waals surface area (Å²) >= 11 is 1.72. The molecule has 4 nitrogen and oxygen atoms in total. The maximum Gasteiger partial charge on any atom is 0.128 e. The van der Waals surface area contributed by atoms with Crippen LogP contribution in [-0.4, -0.2) is 39.7 Å². The highest BCUT2D eigenvalue weighted by Gasteiger charge is 2.27. The van der Waals surface area contributed by atoms with E-state index in [4.69, 9.17) is 20.7 Å². The van der Waals surface area contributed by atoms with Gasteiger partial charge in [0.25, 0.3) is 0 Å². The van der Waals surface area contributed by atoms with Crippen LogP contribution in [0.5, 0.6) is 5.75 Å². The summed E-state index contributed by atoms with van der Waals surface area (Å²) in [4.78, 5) is 5.40. The van der Waals surface area contributed by atoms with Gasteiger partial charge in [-0.3, -0.25) is 10.3 Å². The van der Waals surface area contributed by atoms with Crippen LogP contribution in [0, 0.1) is 26.7 Å². The van der Waals surface area contributed by atoms with E-state index in [1.807, 2.05) is 52.1 Å². The number of phenolic OH excluding ortho intramolecular Hbond substituents is 1. The molecule has 7 heteroatoms. The van der Waals surface area contributed by atoms with Crippen LogP contribution in [0.25, 0.3) is 31.3 Å². The number of aryl methyl sites for hydroxylation is 3. The molecule has 3 atom stereocenters. The molecule has 0 fully saturated rings. The van der Waals surface area contributed by atoms with Crippen molar-refractivity contribution in [3.05, 3.63) is 136 Å². The van der Waals surface area contributed by atoms with E-state index in [9.17, 15) is 5.11 Å². The zero-order chi connectivity index (χ0) is 35.8. The summed E-state index contributed by atoms with van der Waals surface area (Å²) in [5.41, 5.74) is 11.2. The Hall–Kier alpha value is -4.42. The van der Waals surface area contributed by atoms with Crippen molar-refractivity contribution in [3.63, 3.8) is 0 Å². The molecule has 4 radical (unpaired) electrons. The first-order chi connectivity index (χ1) is 24.7. The van der Waals surface area contributed by atoms with Gasteiger partial charge in [0.1, 0.15) is 27.6 Å². The number of hydrogen-bond donors (Lipinski definition) is 3. The van der Waals surface area contributed by atoms with Crippen LogP contribution in [0.15, 0.2) is 113 Å². The highest BCUT2D eigenvalue weighted by molar-refractivity contribution is 7.26. The molecule has 51 heavy (non-hydrogen) atoms. The molecule has 0 aliphatic heterocycles. The smallest absolute Gasteiger partial charge is 0.128 e. The van der Waals surface area contributed by atoms with Crippen molar-refractivity contribution >= 4 is 63.8 Å². The lowest BCUT2D eigenvalue weighted by atomic mass is 9.72. The van der Waals surface area contributed by atoms with Crippen LogP contribution in [0.3, 0.4) is 0 Å². The molecule has 0 bridgehead atoms. The average molecular weight is 684 g/mol. The Bertz CT molecular complexity index is 2280. The first-order valence-electron chi connectivity index (χ1n) is 17.8. The molecule has 252 valence electrons. The van der Waals surface area contributed by atoms with Crippen molar-refractivity contribution in [2.45, 2.75) is 59.3 Å². The van der Waals surface area contributed by atoms with Gasteiger partial charge in [-0.1, -0.05) is 114 Å². The van der Waals surface area contributed by atoms with Gasteiger partial charge in [-0.05, 0) is 87.4 Å². The summed E-state index contributed by atoms with van der Waals surface area (Å²) in [7, 11) is 15.4. The molecule has 7 rings (SSSR count). The number of allylic oxidation sites excluding steroid dienone is 7. The minimum absolute atomic E-state index is 0.123. The maximum absolute atomic E-state index is 12.1. The number of phenols is 1. The Morgan fingerprint density at radius 2 is 1.57 bits per heavy atom. The molecule has 3 unspecified atom stereocenters. The van der Waals surface area contributed by atoms with Crippen LogP contribution < -0.4 is 21.6 Å². The van der Waals surface area contributed by atoms with E-state index in [-0.39, 0.29) is 18.1 Å². The second-order valence-electron chi connectivity index (χ2n) is 13.7. The van der Waals surface area contributed by atoms with Crippen LogP contribution >= 0.6 is 11.3 Å². The molecule has 4 aromatic carbocycles. The SMILES string of the molecule is [B]c1c([B])c(-c2ccccc2)c2c(sc3c(C)c(C(C)=NC(NC(NC)c4ccccc4)C4=CC=C(C5C=CC=CC5)CC4)c(O)c(C)c32)c1C. The van der Waals surface area contributed by atoms with E-state index >= 15 is 0 Å². The zero-order valence-corrected chi connectivity index (χ0v) is 30.9. The zero-order valence-electron chi connectivity index (χ0n) is 30.0. The van der Waals surface area contributed by atoms with Crippen molar-refractivity contribution in [1.82, 2.24) is 10.6 Å². The monoisotopic (exact) mass is 683 g/mol. The van der Waals surface area contributed by atoms with E-state index < -0.39 is 0 Å². The highest BCUT2D eigenvalue weighted by atomic mass is 32.1. The second-order valence-corrected chi connectivity index (χ2v) is 14.8. The van der Waals surface area contributed by atoms with Gasteiger partial charge >= 0.3 is 0 Å². The molecule has 1 aromatic heterocycles. The lowest BCUT2D eigenvalue weighted by Gasteiger charge is -2.29. The van der Waals surface area contributed by atoms with Gasteiger partial charge in [0.05, 0.1) is 6.17 Å². The number of benzene rings is 4. The van der Waals surface area contributed by atoms with Crippen molar-refractivity contribution in [2.24, 2.45) is 10.9 Å². The van der Waals surface area contributed by atoms with Gasteiger partial charge in [0, 0.05) is 42.9 Å². The van der Waals surface area contributed by atoms with Crippen molar-refractivity contribution in [3.8, 4) is 16.9 Å². The normalized spacial score (nSPS) is 17.5. The highest BCUT2D eigenvalue weighted by Crippen LogP contribution is 2.47. The van der Waals surface area contributed by atoms with E-state index in [2.05, 4.69) is 90.4 Å². The van der Waals surface area contributed by atoms with Crippen LogP contribution in [-0.2, 0) is 0 Å². The molecule has 1 heterocycles. The van der Waals surface area contributed by atoms with Gasteiger partial charge in [-0.25, -0.2) is 0 Å². The molecule has 0 amide bonds. The Labute approximate surface area is 308 Å². The summed E-state index contributed by atoms with van der Waals surface area (Å²) in [6.45, 7) is 8.16. The molecular weight excluding hydrogens is 640 g/mol. The third-order valence-corrected chi connectivity index (χ3v) is 12.1. The minimum atomic E-state index is -0.314. The van der Waals surface area contributed by atoms with Crippen molar-refractivity contribution < 1.29 is 5.11 Å². The fourth-order valence-corrected chi connectivity index (χ4v) is 9.18. The Morgan fingerprint density at radius 3 is 2.22 bits per heavy atom. The van der Waals surface area contributed by atoms with Gasteiger partial charge in [0.15, 0.2) is 0 Å². The standard InChI is InChI=1S/C44H43B2N3OS/c1-25-35-37-36(31-17-11-7-12-18-31)39(46)38(45)27(3)42(37)51-41(35)26(2)34(40(25)50)28(4)48-44(49-43(47-5)32-19-13-8-14-20-32)33-23-21-30(22-24-33)29-15-9-6-10-16-29/h6-15,17-21,23,29,43-44,47,49-50H,16,22,24H2,1-5H3. The van der Waals surface area contributed by atoms with Gasteiger partial charge in [-0.15, -0.1) is 11.3 Å². The fourth-order valence-electron chi connectivity index (χ4n) is 7.79. The average Bonchev–Trinajstić information content (AvgIpc) is 3.57. The van der Waals surface area contributed by atoms with E-state index in [1.165, 1.54) is 11.1 Å². The number of thiophene rings is 1. The molecule has 2 aliphatic rings. The van der Waals surface area contributed by atoms with Crippen molar-refractivity contribution in [1.29, 1.82) is 0 Å². The van der Waals surface area contributed by atoms with E-state index in [0.29, 0.717) is 16.8 Å². The summed E-state index contributed by atoms with van der Waals surface area (Å²) in [6.07, 6.45) is 15.9. The first-order valence-corrected chi connectivity index (χ1v) is 18.6. The summed E-state index contributed by atoms with van der Waals surface area (Å²) in [5, 5.41) is 21.4. The lowest BCUT2D eigenvalue weighted by molar-refractivity contribution is 0.425. The predicted octanol–water partition coefficient (Wildman–Crippen LogP) is 8.36. The summed E-state index contributed by atoms with van der Waals surface area (Å²) in [6, 6.07) is 20.6. The number of rotatable bonds is 9. The van der Waals surface area contributed by atoms with Crippen LogP contribution in [0.4, 0.5) is 0 Å². The number of aliphatic imine (C=N–C) groups is 1. The molecule has 0 saturated carbocycles. The van der Waals surface area contributed by atoms with E-state index in [0.717, 1.165) is 84.1 Å². The number of nitrogens with zero attached hydrogens (tertiary/aromatic N) is 1. The Kier molecular flexibility index (Phi) is 10.1. The molecule has 0 spiro atoms. The molecule has 2 aliphatic carbocycles. The fraction of sp³-hybridized carbons (Fsp3) is 0.250. The van der Waals surface area contributed by atoms with Gasteiger partial charge < -0.3 is 10.4 Å². The minimum Gasteiger partial charge on any atom is -0.507 e. The first kappa shape index (κ1) is 35.0. The molecule has 5 aromatic rings. The Morgan fingerprint density at radius 1 is 0.863 bits per heavy atom. The Balaban J connectivity index is 1.37. The van der Waals surface area contributed by atoms with E-state index in [1.54, 1.807) is 11.3 Å². The maximum atomic E-state index is 12.1. The molecule has 3 N–H and O–H groups in total. The third kappa shape index (κ3) is 6.48. The van der Waals surface area contributed by atoms with Crippen LogP contribution in [0.2, 0.25) is 0 Å². The van der Waals surface area contributed by atoms with Crippen LogP contribution in [0.1, 0.15) is 60.2 Å². The van der Waals surface area contributed by atoms with Gasteiger partial charge in [-0.2, -0.15) is 0 Å². The van der Waals surface area contributed by atoms with Crippen molar-refractivity contribution in [2.75, 3.05) is 7.05 Å². The quantitative estimate of drug-likeness (QED) is 0.0832. The number of fused-ring (bicyclic) bond motifs is 3. The number of nitrogens with one attached hydrogen (secondary N) is 2. The van der Waals surface area contributed by atoms with Gasteiger partial charge in [0.2, 0.25) is 0 Å². The predicted molar refractivity (Wildman–Crippen MR) is 221 cm³/mol. The largest absolute Gasteiger partial charge is 0.507 e. The topological polar surface area (TPSA) is 56.7 Å².